The van der Waals surface area contributed by atoms with Crippen LogP contribution in [-0.4, -0.2) is 11.1 Å². The molecule has 3 atom stereocenters. The Morgan fingerprint density at radius 2 is 2.05 bits per heavy atom. The number of carboxylic acids is 1. The topological polar surface area (TPSA) is 37.3 Å². The fraction of sp³-hybridized carbons (Fsp3) is 0.562. The first-order chi connectivity index (χ1) is 9.77. The number of hydrogen-bond donors (Lipinski definition) is 1. The van der Waals surface area contributed by atoms with E-state index in [1.54, 1.807) is 6.07 Å². The highest BCUT2D eigenvalue weighted by Gasteiger charge is 2.34. The van der Waals surface area contributed by atoms with Crippen LogP contribution in [-0.2, 0) is 17.4 Å². The van der Waals surface area contributed by atoms with Crippen molar-refractivity contribution in [1.82, 2.24) is 0 Å². The van der Waals surface area contributed by atoms with E-state index in [1.165, 1.54) is 6.07 Å². The lowest BCUT2D eigenvalue weighted by molar-refractivity contribution is -0.145. The summed E-state index contributed by atoms with van der Waals surface area (Å²) in [7, 11) is 0. The van der Waals surface area contributed by atoms with Gasteiger partial charge in [0.15, 0.2) is 0 Å². The molecule has 1 aromatic rings. The third-order valence-corrected chi connectivity index (χ3v) is 4.31. The Bertz CT molecular complexity index is 510. The zero-order chi connectivity index (χ0) is 15.6. The lowest BCUT2D eigenvalue weighted by Crippen LogP contribution is -2.31. The van der Waals surface area contributed by atoms with Crippen molar-refractivity contribution in [3.63, 3.8) is 0 Å². The van der Waals surface area contributed by atoms with Crippen LogP contribution in [0.4, 0.5) is 13.2 Å². The van der Waals surface area contributed by atoms with Crippen LogP contribution in [0.5, 0.6) is 0 Å². The third kappa shape index (κ3) is 3.99. The predicted octanol–water partition coefficient (Wildman–Crippen LogP) is 4.38. The molecule has 21 heavy (non-hydrogen) atoms. The summed E-state index contributed by atoms with van der Waals surface area (Å²) in [5.41, 5.74) is -0.106. The highest BCUT2D eigenvalue weighted by atomic mass is 19.4. The molecule has 1 aliphatic carbocycles. The Morgan fingerprint density at radius 1 is 1.33 bits per heavy atom. The molecule has 0 radical (unpaired) electrons. The number of hydrogen-bond acceptors (Lipinski definition) is 1. The van der Waals surface area contributed by atoms with Crippen LogP contribution in [0.15, 0.2) is 24.3 Å². The first-order valence-corrected chi connectivity index (χ1v) is 7.16. The van der Waals surface area contributed by atoms with Gasteiger partial charge in [0, 0.05) is 0 Å². The molecule has 1 fully saturated rings. The molecule has 3 unspecified atom stereocenters. The van der Waals surface area contributed by atoms with Gasteiger partial charge in [-0.15, -0.1) is 0 Å². The standard InChI is InChI=1S/C16H19F3O2/c1-10-5-6-14(15(20)21)12(7-10)8-11-3-2-4-13(9-11)16(17,18)19/h2-4,9-10,12,14H,5-8H2,1H3,(H,20,21). The molecule has 0 bridgehead atoms. The fourth-order valence-corrected chi connectivity index (χ4v) is 3.23. The van der Waals surface area contributed by atoms with Crippen molar-refractivity contribution in [1.29, 1.82) is 0 Å². The Hall–Kier alpha value is -1.52. The van der Waals surface area contributed by atoms with E-state index in [0.29, 0.717) is 24.3 Å². The first-order valence-electron chi connectivity index (χ1n) is 7.16. The van der Waals surface area contributed by atoms with Crippen LogP contribution in [0, 0.1) is 17.8 Å². The van der Waals surface area contributed by atoms with Crippen LogP contribution in [0.2, 0.25) is 0 Å². The van der Waals surface area contributed by atoms with Gasteiger partial charge in [0.05, 0.1) is 11.5 Å². The van der Waals surface area contributed by atoms with Gasteiger partial charge in [0.25, 0.3) is 0 Å². The van der Waals surface area contributed by atoms with Crippen LogP contribution < -0.4 is 0 Å². The smallest absolute Gasteiger partial charge is 0.416 e. The molecule has 0 spiro atoms. The van der Waals surface area contributed by atoms with Crippen molar-refractivity contribution < 1.29 is 23.1 Å². The molecule has 0 aromatic heterocycles. The van der Waals surface area contributed by atoms with Crippen molar-refractivity contribution in [2.24, 2.45) is 17.8 Å². The lowest BCUT2D eigenvalue weighted by Gasteiger charge is -2.32. The molecule has 0 amide bonds. The van der Waals surface area contributed by atoms with Crippen molar-refractivity contribution in [2.45, 2.75) is 38.8 Å². The van der Waals surface area contributed by atoms with Gasteiger partial charge < -0.3 is 5.11 Å². The number of halogens is 3. The van der Waals surface area contributed by atoms with Gasteiger partial charge in [-0.25, -0.2) is 0 Å². The molecule has 0 heterocycles. The molecule has 5 heteroatoms. The Labute approximate surface area is 122 Å². The minimum Gasteiger partial charge on any atom is -0.481 e. The molecule has 0 aliphatic heterocycles. The predicted molar refractivity (Wildman–Crippen MR) is 72.8 cm³/mol. The summed E-state index contributed by atoms with van der Waals surface area (Å²) in [6.07, 6.45) is -1.73. The summed E-state index contributed by atoms with van der Waals surface area (Å²) < 4.78 is 38.2. The van der Waals surface area contributed by atoms with Gasteiger partial charge in [-0.1, -0.05) is 25.1 Å². The summed E-state index contributed by atoms with van der Waals surface area (Å²) in [5.74, 6) is -0.944. The number of alkyl halides is 3. The normalized spacial score (nSPS) is 26.6. The average Bonchev–Trinajstić information content (AvgIpc) is 2.37. The molecule has 1 aliphatic rings. The Balaban J connectivity index is 2.17. The molecule has 1 N–H and O–H groups in total. The van der Waals surface area contributed by atoms with Crippen molar-refractivity contribution in [3.8, 4) is 0 Å². The van der Waals surface area contributed by atoms with Crippen LogP contribution in [0.25, 0.3) is 0 Å². The molecular weight excluding hydrogens is 281 g/mol. The highest BCUT2D eigenvalue weighted by molar-refractivity contribution is 5.70. The van der Waals surface area contributed by atoms with E-state index in [2.05, 4.69) is 6.92 Å². The largest absolute Gasteiger partial charge is 0.481 e. The third-order valence-electron chi connectivity index (χ3n) is 4.31. The molecule has 2 nitrogen and oxygen atoms in total. The quantitative estimate of drug-likeness (QED) is 0.899. The molecular formula is C16H19F3O2. The summed E-state index contributed by atoms with van der Waals surface area (Å²) in [5, 5.41) is 9.28. The summed E-state index contributed by atoms with van der Waals surface area (Å²) in [6.45, 7) is 2.07. The zero-order valence-corrected chi connectivity index (χ0v) is 11.9. The maximum atomic E-state index is 12.7. The van der Waals surface area contributed by atoms with E-state index in [0.717, 1.165) is 25.0 Å². The van der Waals surface area contributed by atoms with E-state index in [9.17, 15) is 23.1 Å². The van der Waals surface area contributed by atoms with Gasteiger partial charge in [0.1, 0.15) is 0 Å². The monoisotopic (exact) mass is 300 g/mol. The second-order valence-corrected chi connectivity index (χ2v) is 6.03. The highest BCUT2D eigenvalue weighted by Crippen LogP contribution is 2.37. The fourth-order valence-electron chi connectivity index (χ4n) is 3.23. The molecule has 116 valence electrons. The van der Waals surface area contributed by atoms with Crippen LogP contribution in [0.1, 0.15) is 37.3 Å². The van der Waals surface area contributed by atoms with Crippen LogP contribution in [0.3, 0.4) is 0 Å². The Morgan fingerprint density at radius 3 is 2.67 bits per heavy atom. The van der Waals surface area contributed by atoms with Gasteiger partial charge in [-0.2, -0.15) is 13.2 Å². The SMILES string of the molecule is CC1CCC(C(=O)O)C(Cc2cccc(C(F)(F)F)c2)C1. The minimum atomic E-state index is -4.36. The van der Waals surface area contributed by atoms with E-state index >= 15 is 0 Å². The number of aliphatic carboxylic acids is 1. The van der Waals surface area contributed by atoms with Gasteiger partial charge >= 0.3 is 12.1 Å². The molecule has 1 aromatic carbocycles. The van der Waals surface area contributed by atoms with Crippen molar-refractivity contribution in [3.05, 3.63) is 35.4 Å². The Kier molecular flexibility index (Phi) is 4.59. The second kappa shape index (κ2) is 6.08. The summed E-state index contributed by atoms with van der Waals surface area (Å²) in [4.78, 5) is 11.3. The van der Waals surface area contributed by atoms with E-state index in [1.807, 2.05) is 0 Å². The molecule has 0 saturated heterocycles. The summed E-state index contributed by atoms with van der Waals surface area (Å²) >= 11 is 0. The number of carboxylic acid groups (broad SMARTS) is 1. The minimum absolute atomic E-state index is 0.0882. The van der Waals surface area contributed by atoms with Crippen LogP contribution >= 0.6 is 0 Å². The van der Waals surface area contributed by atoms with Gasteiger partial charge in [0.2, 0.25) is 0 Å². The van der Waals surface area contributed by atoms with Gasteiger partial charge in [-0.3, -0.25) is 4.79 Å². The maximum absolute atomic E-state index is 12.7. The second-order valence-electron chi connectivity index (χ2n) is 6.03. The lowest BCUT2D eigenvalue weighted by atomic mass is 9.72. The van der Waals surface area contributed by atoms with Crippen molar-refractivity contribution >= 4 is 5.97 Å². The van der Waals surface area contributed by atoms with Gasteiger partial charge in [-0.05, 0) is 49.1 Å². The van der Waals surface area contributed by atoms with E-state index in [-0.39, 0.29) is 5.92 Å². The van der Waals surface area contributed by atoms with Crippen molar-refractivity contribution in [2.75, 3.05) is 0 Å². The number of carbonyl (C=O) groups is 1. The molecule has 2 rings (SSSR count). The van der Waals surface area contributed by atoms with E-state index in [4.69, 9.17) is 0 Å². The average molecular weight is 300 g/mol. The first kappa shape index (κ1) is 15.9. The zero-order valence-electron chi connectivity index (χ0n) is 11.9. The summed E-state index contributed by atoms with van der Waals surface area (Å²) in [6, 6.07) is 5.22. The molecule has 1 saturated carbocycles. The maximum Gasteiger partial charge on any atom is 0.416 e. The number of benzene rings is 1. The van der Waals surface area contributed by atoms with E-state index < -0.39 is 23.6 Å². The number of rotatable bonds is 3.